The maximum absolute atomic E-state index is 13.2. The van der Waals surface area contributed by atoms with Crippen molar-refractivity contribution >= 4 is 11.8 Å². The van der Waals surface area contributed by atoms with Crippen molar-refractivity contribution in [3.8, 4) is 0 Å². The second-order valence-corrected chi connectivity index (χ2v) is 7.81. The highest BCUT2D eigenvalue weighted by molar-refractivity contribution is 5.84. The Morgan fingerprint density at radius 1 is 1.00 bits per heavy atom. The van der Waals surface area contributed by atoms with Crippen molar-refractivity contribution in [1.29, 1.82) is 0 Å². The zero-order valence-electron chi connectivity index (χ0n) is 17.4. The summed E-state index contributed by atoms with van der Waals surface area (Å²) in [6, 6.07) is 18.0. The number of benzene rings is 2. The molecule has 2 unspecified atom stereocenters. The highest BCUT2D eigenvalue weighted by Crippen LogP contribution is 2.23. The molecule has 0 radical (unpaired) electrons. The number of rotatable bonds is 8. The van der Waals surface area contributed by atoms with E-state index in [4.69, 9.17) is 0 Å². The summed E-state index contributed by atoms with van der Waals surface area (Å²) >= 11 is 0. The first kappa shape index (κ1) is 21.1. The van der Waals surface area contributed by atoms with E-state index in [0.29, 0.717) is 6.54 Å². The molecule has 0 bridgehead atoms. The maximum atomic E-state index is 13.2. The lowest BCUT2D eigenvalue weighted by Crippen LogP contribution is -2.39. The largest absolute Gasteiger partial charge is 0.352 e. The Hall–Kier alpha value is -2.66. The van der Waals surface area contributed by atoms with Gasteiger partial charge in [0.2, 0.25) is 11.8 Å². The Labute approximate surface area is 173 Å². The molecule has 1 saturated heterocycles. The summed E-state index contributed by atoms with van der Waals surface area (Å²) in [5, 5.41) is 6.12. The fourth-order valence-electron chi connectivity index (χ4n) is 3.92. The van der Waals surface area contributed by atoms with E-state index in [2.05, 4.69) is 27.7 Å². The van der Waals surface area contributed by atoms with E-state index in [1.54, 1.807) is 0 Å². The average Bonchev–Trinajstić information content (AvgIpc) is 3.25. The number of amides is 2. The highest BCUT2D eigenvalue weighted by Gasteiger charge is 2.24. The van der Waals surface area contributed by atoms with E-state index >= 15 is 0 Å². The van der Waals surface area contributed by atoms with E-state index in [1.165, 1.54) is 19.8 Å². The van der Waals surface area contributed by atoms with Gasteiger partial charge in [-0.05, 0) is 49.5 Å². The van der Waals surface area contributed by atoms with Gasteiger partial charge in [0.15, 0.2) is 0 Å². The van der Waals surface area contributed by atoms with Crippen LogP contribution in [0.1, 0.15) is 55.3 Å². The van der Waals surface area contributed by atoms with Crippen LogP contribution in [0.4, 0.5) is 0 Å². The number of nitrogens with zero attached hydrogens (tertiary/aromatic N) is 1. The number of hydrogen-bond acceptors (Lipinski definition) is 3. The molecule has 1 aliphatic heterocycles. The van der Waals surface area contributed by atoms with E-state index < -0.39 is 0 Å². The van der Waals surface area contributed by atoms with Gasteiger partial charge in [0.25, 0.3) is 0 Å². The summed E-state index contributed by atoms with van der Waals surface area (Å²) in [5.74, 6) is -0.371. The van der Waals surface area contributed by atoms with Crippen molar-refractivity contribution in [2.45, 2.75) is 45.2 Å². The van der Waals surface area contributed by atoms with Crippen LogP contribution in [0.25, 0.3) is 0 Å². The van der Waals surface area contributed by atoms with Crippen molar-refractivity contribution in [3.63, 3.8) is 0 Å². The number of likely N-dealkylation sites (tertiary alicyclic amines) is 1. The second kappa shape index (κ2) is 10.2. The van der Waals surface area contributed by atoms with Crippen LogP contribution in [0.15, 0.2) is 54.6 Å². The average molecular weight is 394 g/mol. The lowest BCUT2D eigenvalue weighted by molar-refractivity contribution is -0.123. The molecular weight excluding hydrogens is 362 g/mol. The minimum atomic E-state index is -0.301. The lowest BCUT2D eigenvalue weighted by atomic mass is 9.94. The molecule has 154 valence electrons. The number of nitrogens with one attached hydrogen (secondary N) is 2. The van der Waals surface area contributed by atoms with Crippen LogP contribution in [-0.4, -0.2) is 36.3 Å². The summed E-state index contributed by atoms with van der Waals surface area (Å²) in [6.45, 7) is 6.87. The molecule has 0 spiro atoms. The minimum Gasteiger partial charge on any atom is -0.352 e. The molecule has 0 aliphatic carbocycles. The Morgan fingerprint density at radius 3 is 2.34 bits per heavy atom. The maximum Gasteiger partial charge on any atom is 0.227 e. The van der Waals surface area contributed by atoms with Gasteiger partial charge in [0, 0.05) is 20.0 Å². The number of carbonyl (C=O) groups excluding carboxylic acids is 2. The first-order valence-corrected chi connectivity index (χ1v) is 10.4. The summed E-state index contributed by atoms with van der Waals surface area (Å²) in [7, 11) is 0. The molecule has 29 heavy (non-hydrogen) atoms. The third kappa shape index (κ3) is 5.91. The molecule has 2 atom stereocenters. The molecule has 2 amide bonds. The van der Waals surface area contributed by atoms with Crippen molar-refractivity contribution in [3.05, 3.63) is 71.3 Å². The molecule has 3 rings (SSSR count). The zero-order valence-corrected chi connectivity index (χ0v) is 17.4. The van der Waals surface area contributed by atoms with Crippen molar-refractivity contribution in [2.75, 3.05) is 19.6 Å². The van der Waals surface area contributed by atoms with Gasteiger partial charge in [-0.1, -0.05) is 54.6 Å². The fraction of sp³-hybridized carbons (Fsp3) is 0.417. The Balaban J connectivity index is 1.74. The normalized spacial score (nSPS) is 16.2. The smallest absolute Gasteiger partial charge is 0.227 e. The van der Waals surface area contributed by atoms with Gasteiger partial charge in [-0.15, -0.1) is 0 Å². The third-order valence-corrected chi connectivity index (χ3v) is 5.60. The highest BCUT2D eigenvalue weighted by atomic mass is 16.2. The van der Waals surface area contributed by atoms with E-state index in [9.17, 15) is 9.59 Å². The Kier molecular flexibility index (Phi) is 7.42. The molecule has 5 heteroatoms. The molecule has 2 aromatic rings. The van der Waals surface area contributed by atoms with Crippen LogP contribution < -0.4 is 10.6 Å². The van der Waals surface area contributed by atoms with Gasteiger partial charge < -0.3 is 15.5 Å². The van der Waals surface area contributed by atoms with Gasteiger partial charge in [-0.3, -0.25) is 9.59 Å². The number of hydrogen-bond donors (Lipinski definition) is 2. The van der Waals surface area contributed by atoms with Gasteiger partial charge in [-0.2, -0.15) is 0 Å². The van der Waals surface area contributed by atoms with Gasteiger partial charge in [-0.25, -0.2) is 0 Å². The molecule has 5 nitrogen and oxygen atoms in total. The first-order chi connectivity index (χ1) is 14.0. The predicted octanol–water partition coefficient (Wildman–Crippen LogP) is 3.38. The van der Waals surface area contributed by atoms with Crippen molar-refractivity contribution in [1.82, 2.24) is 15.5 Å². The third-order valence-electron chi connectivity index (χ3n) is 5.60. The molecule has 2 N–H and O–H groups in total. The van der Waals surface area contributed by atoms with Crippen LogP contribution in [0.3, 0.4) is 0 Å². The molecule has 2 aromatic carbocycles. The lowest BCUT2D eigenvalue weighted by Gasteiger charge is -2.27. The Morgan fingerprint density at radius 2 is 1.66 bits per heavy atom. The standard InChI is InChI=1S/C24H31N3O2/c1-18(22-13-7-6-12-21(22)16-25-19(2)28)24(29)26-23(17-27-14-8-9-15-27)20-10-4-3-5-11-20/h3-7,10-13,18,23H,8-9,14-17H2,1-2H3,(H,25,28)(H,26,29). The van der Waals surface area contributed by atoms with E-state index in [-0.39, 0.29) is 23.8 Å². The van der Waals surface area contributed by atoms with Gasteiger partial charge >= 0.3 is 0 Å². The van der Waals surface area contributed by atoms with Crippen LogP contribution >= 0.6 is 0 Å². The summed E-state index contributed by atoms with van der Waals surface area (Å²) in [5.41, 5.74) is 3.05. The predicted molar refractivity (Wildman–Crippen MR) is 115 cm³/mol. The minimum absolute atomic E-state index is 0.00771. The van der Waals surface area contributed by atoms with Crippen LogP contribution in [0, 0.1) is 0 Å². The summed E-state index contributed by atoms with van der Waals surface area (Å²) in [6.07, 6.45) is 2.45. The molecule has 1 heterocycles. The van der Waals surface area contributed by atoms with Crippen molar-refractivity contribution in [2.24, 2.45) is 0 Å². The topological polar surface area (TPSA) is 61.4 Å². The molecular formula is C24H31N3O2. The summed E-state index contributed by atoms with van der Waals surface area (Å²) < 4.78 is 0. The zero-order chi connectivity index (χ0) is 20.6. The molecule has 1 aliphatic rings. The van der Waals surface area contributed by atoms with Gasteiger partial charge in [0.05, 0.1) is 12.0 Å². The second-order valence-electron chi connectivity index (χ2n) is 7.81. The quantitative estimate of drug-likeness (QED) is 0.723. The van der Waals surface area contributed by atoms with Crippen LogP contribution in [0.5, 0.6) is 0 Å². The number of carbonyl (C=O) groups is 2. The first-order valence-electron chi connectivity index (χ1n) is 10.4. The van der Waals surface area contributed by atoms with Crippen molar-refractivity contribution < 1.29 is 9.59 Å². The van der Waals surface area contributed by atoms with Gasteiger partial charge in [0.1, 0.15) is 0 Å². The van der Waals surface area contributed by atoms with Crippen LogP contribution in [0.2, 0.25) is 0 Å². The Bertz CT molecular complexity index is 816. The van der Waals surface area contributed by atoms with Crippen LogP contribution in [-0.2, 0) is 16.1 Å². The monoisotopic (exact) mass is 393 g/mol. The fourth-order valence-corrected chi connectivity index (χ4v) is 3.92. The molecule has 1 fully saturated rings. The summed E-state index contributed by atoms with van der Waals surface area (Å²) in [4.78, 5) is 26.9. The van der Waals surface area contributed by atoms with E-state index in [1.807, 2.05) is 49.4 Å². The van der Waals surface area contributed by atoms with E-state index in [0.717, 1.165) is 36.3 Å². The molecule has 0 saturated carbocycles. The SMILES string of the molecule is CC(=O)NCc1ccccc1C(C)C(=O)NC(CN1CCCC1)c1ccccc1. The molecule has 0 aromatic heterocycles.